The van der Waals surface area contributed by atoms with Crippen LogP contribution in [0.5, 0.6) is 17.2 Å². The molecule has 1 aliphatic heterocycles. The summed E-state index contributed by atoms with van der Waals surface area (Å²) in [5, 5.41) is 0. The van der Waals surface area contributed by atoms with Crippen molar-refractivity contribution in [1.29, 1.82) is 0 Å². The van der Waals surface area contributed by atoms with Crippen molar-refractivity contribution in [3.05, 3.63) is 72.1 Å². The minimum absolute atomic E-state index is 0.182. The van der Waals surface area contributed by atoms with Gasteiger partial charge in [0.2, 0.25) is 6.79 Å². The highest BCUT2D eigenvalue weighted by Gasteiger charge is 2.30. The zero-order valence-corrected chi connectivity index (χ0v) is 14.0. The first-order valence-electron chi connectivity index (χ1n) is 8.13. The molecule has 7 heteroatoms. The van der Waals surface area contributed by atoms with Gasteiger partial charge in [-0.25, -0.2) is 0 Å². The molecule has 2 aromatic carbocycles. The van der Waals surface area contributed by atoms with Gasteiger partial charge in [0.1, 0.15) is 12.4 Å². The smallest absolute Gasteiger partial charge is 0.416 e. The minimum Gasteiger partial charge on any atom is -0.489 e. The molecule has 1 aromatic heterocycles. The number of alkyl halides is 3. The van der Waals surface area contributed by atoms with Crippen molar-refractivity contribution in [2.24, 2.45) is 0 Å². The summed E-state index contributed by atoms with van der Waals surface area (Å²) in [4.78, 5) is 4.12. The molecule has 4 rings (SSSR count). The fourth-order valence-electron chi connectivity index (χ4n) is 2.73. The van der Waals surface area contributed by atoms with Crippen molar-refractivity contribution >= 4 is 0 Å². The van der Waals surface area contributed by atoms with E-state index in [4.69, 9.17) is 14.2 Å². The van der Waals surface area contributed by atoms with Gasteiger partial charge in [-0.3, -0.25) is 4.98 Å². The van der Waals surface area contributed by atoms with Crippen molar-refractivity contribution in [3.8, 4) is 28.4 Å². The van der Waals surface area contributed by atoms with E-state index in [9.17, 15) is 13.2 Å². The van der Waals surface area contributed by atoms with E-state index in [2.05, 4.69) is 4.98 Å². The third kappa shape index (κ3) is 3.81. The number of hydrogen-bond donors (Lipinski definition) is 0. The van der Waals surface area contributed by atoms with Crippen molar-refractivity contribution in [2.45, 2.75) is 12.8 Å². The van der Waals surface area contributed by atoms with Crippen molar-refractivity contribution in [3.63, 3.8) is 0 Å². The molecule has 0 N–H and O–H groups in total. The third-order valence-corrected chi connectivity index (χ3v) is 4.07. The fourth-order valence-corrected chi connectivity index (χ4v) is 2.73. The Morgan fingerprint density at radius 1 is 0.926 bits per heavy atom. The SMILES string of the molecule is FC(F)(F)c1cccc(-c2cncc(COc3ccc4c(c3)OCO4)c2)c1. The number of nitrogens with zero attached hydrogens (tertiary/aromatic N) is 1. The van der Waals surface area contributed by atoms with Gasteiger partial charge in [-0.2, -0.15) is 13.2 Å². The lowest BCUT2D eigenvalue weighted by Gasteiger charge is -2.10. The summed E-state index contributed by atoms with van der Waals surface area (Å²) in [6.45, 7) is 0.404. The van der Waals surface area contributed by atoms with Gasteiger partial charge in [0, 0.05) is 29.6 Å². The molecule has 1 aliphatic rings. The summed E-state index contributed by atoms with van der Waals surface area (Å²) >= 11 is 0. The topological polar surface area (TPSA) is 40.6 Å². The lowest BCUT2D eigenvalue weighted by Crippen LogP contribution is -2.04. The van der Waals surface area contributed by atoms with Crippen LogP contribution in [0.2, 0.25) is 0 Å². The highest BCUT2D eigenvalue weighted by molar-refractivity contribution is 5.64. The number of benzene rings is 2. The summed E-state index contributed by atoms with van der Waals surface area (Å²) < 4.78 is 55.0. The van der Waals surface area contributed by atoms with Crippen molar-refractivity contribution in [1.82, 2.24) is 4.98 Å². The van der Waals surface area contributed by atoms with E-state index in [0.717, 1.165) is 17.7 Å². The van der Waals surface area contributed by atoms with Crippen LogP contribution in [0.25, 0.3) is 11.1 Å². The van der Waals surface area contributed by atoms with E-state index >= 15 is 0 Å². The normalized spacial score (nSPS) is 12.9. The highest BCUT2D eigenvalue weighted by atomic mass is 19.4. The largest absolute Gasteiger partial charge is 0.489 e. The van der Waals surface area contributed by atoms with Gasteiger partial charge in [0.05, 0.1) is 5.56 Å². The van der Waals surface area contributed by atoms with Gasteiger partial charge in [-0.1, -0.05) is 12.1 Å². The van der Waals surface area contributed by atoms with Crippen LogP contribution in [0.1, 0.15) is 11.1 Å². The molecule has 0 atom stereocenters. The molecule has 138 valence electrons. The maximum Gasteiger partial charge on any atom is 0.416 e. The first-order valence-corrected chi connectivity index (χ1v) is 8.13. The van der Waals surface area contributed by atoms with E-state index in [-0.39, 0.29) is 13.4 Å². The Labute approximate surface area is 153 Å². The summed E-state index contributed by atoms with van der Waals surface area (Å²) in [6, 6.07) is 12.2. The average molecular weight is 373 g/mol. The standard InChI is InChI=1S/C20H14F3NO3/c21-20(22,23)16-3-1-2-14(7-16)15-6-13(9-24-10-15)11-25-17-4-5-18-19(8-17)27-12-26-18/h1-10H,11-12H2. The van der Waals surface area contributed by atoms with Crippen LogP contribution in [-0.4, -0.2) is 11.8 Å². The van der Waals surface area contributed by atoms with Gasteiger partial charge < -0.3 is 14.2 Å². The van der Waals surface area contributed by atoms with Crippen molar-refractivity contribution < 1.29 is 27.4 Å². The Morgan fingerprint density at radius 3 is 2.63 bits per heavy atom. The maximum absolute atomic E-state index is 12.9. The molecule has 2 heterocycles. The molecule has 0 aliphatic carbocycles. The van der Waals surface area contributed by atoms with Gasteiger partial charge >= 0.3 is 6.18 Å². The second-order valence-electron chi connectivity index (χ2n) is 5.96. The van der Waals surface area contributed by atoms with Gasteiger partial charge in [0.15, 0.2) is 11.5 Å². The second kappa shape index (κ2) is 6.83. The van der Waals surface area contributed by atoms with E-state index in [1.807, 2.05) is 0 Å². The number of fused-ring (bicyclic) bond motifs is 1. The number of hydrogen-bond acceptors (Lipinski definition) is 4. The Balaban J connectivity index is 1.51. The molecule has 0 fully saturated rings. The summed E-state index contributed by atoms with van der Waals surface area (Å²) in [5.74, 6) is 1.88. The second-order valence-corrected chi connectivity index (χ2v) is 5.96. The highest BCUT2D eigenvalue weighted by Crippen LogP contribution is 2.35. The van der Waals surface area contributed by atoms with E-state index in [1.54, 1.807) is 36.5 Å². The molecular formula is C20H14F3NO3. The van der Waals surface area contributed by atoms with E-state index < -0.39 is 11.7 Å². The summed E-state index contributed by atoms with van der Waals surface area (Å²) in [6.07, 6.45) is -1.24. The first kappa shape index (κ1) is 17.2. The van der Waals surface area contributed by atoms with Crippen LogP contribution in [0.4, 0.5) is 13.2 Å². The van der Waals surface area contributed by atoms with Crippen LogP contribution in [0.15, 0.2) is 60.9 Å². The van der Waals surface area contributed by atoms with E-state index in [1.165, 1.54) is 12.3 Å². The Kier molecular flexibility index (Phi) is 4.35. The predicted octanol–water partition coefficient (Wildman–Crippen LogP) is 5.08. The zero-order chi connectivity index (χ0) is 18.9. The Hall–Kier alpha value is -3.22. The Morgan fingerprint density at radius 2 is 1.78 bits per heavy atom. The quantitative estimate of drug-likeness (QED) is 0.640. The van der Waals surface area contributed by atoms with E-state index in [0.29, 0.717) is 28.4 Å². The Bertz CT molecular complexity index is 973. The predicted molar refractivity (Wildman–Crippen MR) is 91.6 cm³/mol. The lowest BCUT2D eigenvalue weighted by atomic mass is 10.0. The molecular weight excluding hydrogens is 359 g/mol. The van der Waals surface area contributed by atoms with Crippen LogP contribution in [0, 0.1) is 0 Å². The fraction of sp³-hybridized carbons (Fsp3) is 0.150. The molecule has 0 amide bonds. The van der Waals surface area contributed by atoms with Gasteiger partial charge in [0.25, 0.3) is 0 Å². The van der Waals surface area contributed by atoms with Gasteiger partial charge in [-0.15, -0.1) is 0 Å². The van der Waals surface area contributed by atoms with Crippen LogP contribution in [0.3, 0.4) is 0 Å². The van der Waals surface area contributed by atoms with Crippen LogP contribution >= 0.6 is 0 Å². The molecule has 27 heavy (non-hydrogen) atoms. The molecule has 0 bridgehead atoms. The minimum atomic E-state index is -4.39. The molecule has 0 spiro atoms. The first-order chi connectivity index (χ1) is 13.0. The molecule has 4 nitrogen and oxygen atoms in total. The number of ether oxygens (including phenoxy) is 3. The van der Waals surface area contributed by atoms with Gasteiger partial charge in [-0.05, 0) is 35.9 Å². The molecule has 0 saturated carbocycles. The van der Waals surface area contributed by atoms with Crippen LogP contribution < -0.4 is 14.2 Å². The number of halogens is 3. The van der Waals surface area contributed by atoms with Crippen LogP contribution in [-0.2, 0) is 12.8 Å². The lowest BCUT2D eigenvalue weighted by molar-refractivity contribution is -0.137. The number of pyridine rings is 1. The summed E-state index contributed by atoms with van der Waals surface area (Å²) in [5.41, 5.74) is 1.08. The number of aromatic nitrogens is 1. The third-order valence-electron chi connectivity index (χ3n) is 4.07. The molecule has 0 saturated heterocycles. The average Bonchev–Trinajstić information content (AvgIpc) is 3.14. The zero-order valence-electron chi connectivity index (χ0n) is 14.0. The van der Waals surface area contributed by atoms with Crippen molar-refractivity contribution in [2.75, 3.05) is 6.79 Å². The summed E-state index contributed by atoms with van der Waals surface area (Å²) in [7, 11) is 0. The number of rotatable bonds is 4. The molecule has 0 unspecified atom stereocenters. The molecule has 0 radical (unpaired) electrons. The monoisotopic (exact) mass is 373 g/mol. The maximum atomic E-state index is 12.9. The molecule has 3 aromatic rings.